The smallest absolute Gasteiger partial charge is 0.425 e. The fourth-order valence-corrected chi connectivity index (χ4v) is 2.47. The van der Waals surface area contributed by atoms with Gasteiger partial charge in [-0.05, 0) is 72.2 Å². The van der Waals surface area contributed by atoms with Gasteiger partial charge in [0.2, 0.25) is 0 Å². The topological polar surface area (TPSA) is 108 Å². The van der Waals surface area contributed by atoms with E-state index in [2.05, 4.69) is 9.97 Å². The van der Waals surface area contributed by atoms with Gasteiger partial charge in [-0.3, -0.25) is 4.98 Å². The number of imide groups is 1. The Hall–Kier alpha value is -3.16. The lowest BCUT2D eigenvalue weighted by Crippen LogP contribution is -2.44. The average molecular weight is 400 g/mol. The van der Waals surface area contributed by atoms with Gasteiger partial charge in [0.25, 0.3) is 0 Å². The molecule has 2 aromatic rings. The normalized spacial score (nSPS) is 11.7. The molecule has 156 valence electrons. The van der Waals surface area contributed by atoms with Crippen LogP contribution in [-0.2, 0) is 9.47 Å². The first-order valence-electron chi connectivity index (χ1n) is 9.21. The van der Waals surface area contributed by atoms with Gasteiger partial charge in [-0.25, -0.2) is 14.6 Å². The van der Waals surface area contributed by atoms with Gasteiger partial charge >= 0.3 is 12.2 Å². The molecule has 29 heavy (non-hydrogen) atoms. The number of rotatable bonds is 2. The van der Waals surface area contributed by atoms with E-state index in [1.54, 1.807) is 72.9 Å². The van der Waals surface area contributed by atoms with Crippen LogP contribution in [0.1, 0.15) is 47.2 Å². The van der Waals surface area contributed by atoms with Gasteiger partial charge in [0, 0.05) is 17.5 Å². The standard InChI is InChI=1S/C21H28N4O4/c1-13-10-14(15-8-9-23-12-16(15)22)11-17(24-13)25(18(26)28-20(2,3)4)19(27)29-21(5,6)7/h8-12H,22H2,1-7H3. The van der Waals surface area contributed by atoms with Gasteiger partial charge in [-0.2, -0.15) is 4.90 Å². The Morgan fingerprint density at radius 2 is 1.55 bits per heavy atom. The SMILES string of the molecule is Cc1cc(-c2ccncc2N)cc(N(C(=O)OC(C)(C)C)C(=O)OC(C)(C)C)n1. The fraction of sp³-hybridized carbons (Fsp3) is 0.429. The van der Waals surface area contributed by atoms with Crippen LogP contribution in [0.2, 0.25) is 0 Å². The number of hydrogen-bond acceptors (Lipinski definition) is 7. The molecule has 8 nitrogen and oxygen atoms in total. The quantitative estimate of drug-likeness (QED) is 0.777. The summed E-state index contributed by atoms with van der Waals surface area (Å²) in [5.74, 6) is 0.0831. The van der Waals surface area contributed by atoms with Crippen molar-refractivity contribution in [3.63, 3.8) is 0 Å². The number of nitrogens with two attached hydrogens (primary N) is 1. The van der Waals surface area contributed by atoms with Gasteiger partial charge in [0.15, 0.2) is 0 Å². The van der Waals surface area contributed by atoms with Crippen LogP contribution in [0, 0.1) is 6.92 Å². The Balaban J connectivity index is 2.56. The highest BCUT2D eigenvalue weighted by atomic mass is 16.6. The lowest BCUT2D eigenvalue weighted by molar-refractivity contribution is 0.0429. The van der Waals surface area contributed by atoms with E-state index in [1.165, 1.54) is 6.20 Å². The molecule has 8 heteroatoms. The second-order valence-corrected chi connectivity index (χ2v) is 8.61. The van der Waals surface area contributed by atoms with Crippen LogP contribution in [-0.4, -0.2) is 33.4 Å². The van der Waals surface area contributed by atoms with E-state index in [-0.39, 0.29) is 5.82 Å². The molecule has 0 spiro atoms. The first-order valence-corrected chi connectivity index (χ1v) is 9.21. The number of pyridine rings is 2. The molecule has 0 saturated carbocycles. The monoisotopic (exact) mass is 400 g/mol. The van der Waals surface area contributed by atoms with Crippen molar-refractivity contribution in [1.29, 1.82) is 0 Å². The maximum Gasteiger partial charge on any atom is 0.425 e. The molecule has 0 fully saturated rings. The highest BCUT2D eigenvalue weighted by Crippen LogP contribution is 2.29. The third-order valence-electron chi connectivity index (χ3n) is 3.48. The predicted octanol–water partition coefficient (Wildman–Crippen LogP) is 4.71. The summed E-state index contributed by atoms with van der Waals surface area (Å²) in [6, 6.07) is 5.14. The van der Waals surface area contributed by atoms with Crippen molar-refractivity contribution >= 4 is 23.7 Å². The highest BCUT2D eigenvalue weighted by Gasteiger charge is 2.34. The second-order valence-electron chi connectivity index (χ2n) is 8.61. The molecule has 0 aliphatic heterocycles. The molecular formula is C21H28N4O4. The van der Waals surface area contributed by atoms with Crippen molar-refractivity contribution in [1.82, 2.24) is 9.97 Å². The summed E-state index contributed by atoms with van der Waals surface area (Å²) in [5.41, 5.74) is 6.87. The number of carbonyl (C=O) groups is 2. The zero-order valence-corrected chi connectivity index (χ0v) is 17.9. The number of aromatic nitrogens is 2. The molecule has 0 atom stereocenters. The third kappa shape index (κ3) is 6.17. The number of ether oxygens (including phenoxy) is 2. The van der Waals surface area contributed by atoms with E-state index in [9.17, 15) is 9.59 Å². The van der Waals surface area contributed by atoms with Gasteiger partial charge in [-0.15, -0.1) is 0 Å². The Morgan fingerprint density at radius 1 is 1.00 bits per heavy atom. The highest BCUT2D eigenvalue weighted by molar-refractivity contribution is 6.09. The van der Waals surface area contributed by atoms with Gasteiger partial charge in [-0.1, -0.05) is 0 Å². The Kier molecular flexibility index (Phi) is 6.15. The number of aryl methyl sites for hydroxylation is 1. The lowest BCUT2D eigenvalue weighted by atomic mass is 10.1. The van der Waals surface area contributed by atoms with Crippen LogP contribution in [0.4, 0.5) is 21.1 Å². The summed E-state index contributed by atoms with van der Waals surface area (Å²) in [7, 11) is 0. The van der Waals surface area contributed by atoms with Gasteiger partial charge < -0.3 is 15.2 Å². The molecule has 2 N–H and O–H groups in total. The van der Waals surface area contributed by atoms with Gasteiger partial charge in [0.1, 0.15) is 17.0 Å². The van der Waals surface area contributed by atoms with Crippen LogP contribution in [0.5, 0.6) is 0 Å². The minimum absolute atomic E-state index is 0.0831. The molecule has 0 unspecified atom stereocenters. The zero-order valence-electron chi connectivity index (χ0n) is 17.9. The van der Waals surface area contributed by atoms with Crippen LogP contribution in [0.3, 0.4) is 0 Å². The summed E-state index contributed by atoms with van der Waals surface area (Å²) in [6.07, 6.45) is 1.39. The maximum atomic E-state index is 12.8. The van der Waals surface area contributed by atoms with Crippen molar-refractivity contribution in [3.8, 4) is 11.1 Å². The summed E-state index contributed by atoms with van der Waals surface area (Å²) in [5, 5.41) is 0. The maximum absolute atomic E-state index is 12.8. The van der Waals surface area contributed by atoms with Crippen LogP contribution < -0.4 is 10.6 Å². The number of carbonyl (C=O) groups excluding carboxylic acids is 2. The van der Waals surface area contributed by atoms with Crippen molar-refractivity contribution in [3.05, 3.63) is 36.3 Å². The summed E-state index contributed by atoms with van der Waals surface area (Å²) in [4.78, 5) is 34.8. The molecule has 2 heterocycles. The minimum atomic E-state index is -0.876. The number of amides is 2. The zero-order chi connectivity index (χ0) is 22.0. The Morgan fingerprint density at radius 3 is 2.03 bits per heavy atom. The number of hydrogen-bond donors (Lipinski definition) is 1. The largest absolute Gasteiger partial charge is 0.443 e. The summed E-state index contributed by atoms with van der Waals surface area (Å²) in [6.45, 7) is 12.0. The molecule has 0 aliphatic rings. The molecule has 0 aliphatic carbocycles. The molecule has 0 bridgehead atoms. The Bertz CT molecular complexity index is 886. The molecule has 0 aromatic carbocycles. The van der Waals surface area contributed by atoms with Crippen molar-refractivity contribution < 1.29 is 19.1 Å². The van der Waals surface area contributed by atoms with E-state index >= 15 is 0 Å². The predicted molar refractivity (Wildman–Crippen MR) is 112 cm³/mol. The van der Waals surface area contributed by atoms with Crippen LogP contribution in [0.25, 0.3) is 11.1 Å². The molecule has 2 amide bonds. The van der Waals surface area contributed by atoms with E-state index in [1.807, 2.05) is 0 Å². The first-order chi connectivity index (χ1) is 13.3. The molecule has 2 aromatic heterocycles. The lowest BCUT2D eigenvalue weighted by Gasteiger charge is -2.28. The minimum Gasteiger partial charge on any atom is -0.443 e. The van der Waals surface area contributed by atoms with Crippen molar-refractivity contribution in [2.24, 2.45) is 0 Å². The second kappa shape index (κ2) is 8.06. The molecular weight excluding hydrogens is 372 g/mol. The van der Waals surface area contributed by atoms with Crippen molar-refractivity contribution in [2.75, 3.05) is 10.6 Å². The molecule has 0 saturated heterocycles. The fourth-order valence-electron chi connectivity index (χ4n) is 2.47. The molecule has 0 radical (unpaired) electrons. The molecule has 2 rings (SSSR count). The van der Waals surface area contributed by atoms with Gasteiger partial charge in [0.05, 0.1) is 11.9 Å². The third-order valence-corrected chi connectivity index (χ3v) is 3.48. The Labute approximate surface area is 171 Å². The van der Waals surface area contributed by atoms with E-state index in [0.29, 0.717) is 22.5 Å². The first kappa shape index (κ1) is 22.1. The number of nitrogen functional groups attached to an aromatic ring is 1. The summed E-state index contributed by atoms with van der Waals surface area (Å²) < 4.78 is 10.8. The average Bonchev–Trinajstić information content (AvgIpc) is 2.51. The van der Waals surface area contributed by atoms with E-state index in [4.69, 9.17) is 15.2 Å². The summed E-state index contributed by atoms with van der Waals surface area (Å²) >= 11 is 0. The number of nitrogens with zero attached hydrogens (tertiary/aromatic N) is 3. The number of anilines is 2. The van der Waals surface area contributed by atoms with E-state index in [0.717, 1.165) is 4.90 Å². The van der Waals surface area contributed by atoms with Crippen LogP contribution in [0.15, 0.2) is 30.6 Å². The van der Waals surface area contributed by atoms with Crippen molar-refractivity contribution in [2.45, 2.75) is 59.7 Å². The van der Waals surface area contributed by atoms with E-state index < -0.39 is 23.4 Å². The van der Waals surface area contributed by atoms with Crippen LogP contribution >= 0.6 is 0 Å².